The molecule has 0 aromatic heterocycles. The van der Waals surface area contributed by atoms with E-state index in [-0.39, 0.29) is 5.78 Å². The highest BCUT2D eigenvalue weighted by atomic mass is 32.2. The van der Waals surface area contributed by atoms with Gasteiger partial charge in [-0.05, 0) is 73.7 Å². The third kappa shape index (κ3) is 6.73. The molecule has 0 atom stereocenters. The zero-order valence-electron chi connectivity index (χ0n) is 17.4. The van der Waals surface area contributed by atoms with Gasteiger partial charge in [0.2, 0.25) is 0 Å². The van der Waals surface area contributed by atoms with E-state index in [4.69, 9.17) is 21.7 Å². The number of anilines is 2. The summed E-state index contributed by atoms with van der Waals surface area (Å²) in [7, 11) is 1.62. The minimum atomic E-state index is 0.0692. The molecule has 0 heterocycles. The number of hydrogen-bond donors (Lipinski definition) is 2. The number of carbonyl (C=O) groups excluding carboxylic acids is 1. The molecule has 0 unspecified atom stereocenters. The van der Waals surface area contributed by atoms with Crippen LogP contribution in [0, 0.1) is 0 Å². The van der Waals surface area contributed by atoms with Gasteiger partial charge < -0.3 is 20.1 Å². The Kier molecular flexibility index (Phi) is 8.32. The second-order valence-electron chi connectivity index (χ2n) is 6.48. The van der Waals surface area contributed by atoms with Crippen LogP contribution in [0.4, 0.5) is 11.4 Å². The van der Waals surface area contributed by atoms with Crippen LogP contribution in [0.15, 0.2) is 77.7 Å². The molecular formula is C24H24N2O3S2. The number of para-hydroxylation sites is 2. The quantitative estimate of drug-likeness (QED) is 0.239. The fraction of sp³-hybridized carbons (Fsp3) is 0.167. The summed E-state index contributed by atoms with van der Waals surface area (Å²) in [6.07, 6.45) is 0. The van der Waals surface area contributed by atoms with Crippen molar-refractivity contribution in [3.8, 4) is 11.5 Å². The van der Waals surface area contributed by atoms with E-state index in [0.29, 0.717) is 28.8 Å². The van der Waals surface area contributed by atoms with Crippen molar-refractivity contribution in [1.82, 2.24) is 0 Å². The largest absolute Gasteiger partial charge is 0.495 e. The van der Waals surface area contributed by atoms with Crippen molar-refractivity contribution in [2.24, 2.45) is 0 Å². The zero-order valence-corrected chi connectivity index (χ0v) is 19.0. The van der Waals surface area contributed by atoms with E-state index in [0.717, 1.165) is 22.0 Å². The smallest absolute Gasteiger partial charge is 0.175 e. The highest BCUT2D eigenvalue weighted by Crippen LogP contribution is 2.25. The third-order valence-electron chi connectivity index (χ3n) is 4.30. The Morgan fingerprint density at radius 2 is 1.77 bits per heavy atom. The lowest BCUT2D eigenvalue weighted by Crippen LogP contribution is -2.19. The number of carbonyl (C=O) groups is 1. The van der Waals surface area contributed by atoms with Crippen LogP contribution in [0.3, 0.4) is 0 Å². The van der Waals surface area contributed by atoms with Gasteiger partial charge in [0.1, 0.15) is 11.5 Å². The van der Waals surface area contributed by atoms with Crippen LogP contribution in [-0.4, -0.2) is 30.4 Å². The summed E-state index contributed by atoms with van der Waals surface area (Å²) in [4.78, 5) is 13.5. The average molecular weight is 453 g/mol. The molecule has 5 nitrogen and oxygen atoms in total. The lowest BCUT2D eigenvalue weighted by Gasteiger charge is -2.13. The standard InChI is InChI=1S/C24H24N2O3S2/c1-3-29-19-13-11-17(12-14-19)22(27)16-31-20-8-6-7-18(15-20)25-24(30)26-21-9-4-5-10-23(21)28-2/h4-15H,3,16H2,1-2H3,(H2,25,26,30). The van der Waals surface area contributed by atoms with Gasteiger partial charge >= 0.3 is 0 Å². The first-order valence-corrected chi connectivity index (χ1v) is 11.2. The van der Waals surface area contributed by atoms with Crippen LogP contribution in [0.2, 0.25) is 0 Å². The van der Waals surface area contributed by atoms with Crippen LogP contribution in [-0.2, 0) is 0 Å². The SMILES string of the molecule is CCOc1ccc(C(=O)CSc2cccc(NC(=S)Nc3ccccc3OC)c2)cc1. The maximum atomic E-state index is 12.5. The molecule has 0 saturated carbocycles. The first kappa shape index (κ1) is 22.7. The topological polar surface area (TPSA) is 59.6 Å². The van der Waals surface area contributed by atoms with Crippen molar-refractivity contribution in [2.75, 3.05) is 30.1 Å². The van der Waals surface area contributed by atoms with Crippen molar-refractivity contribution >= 4 is 46.3 Å². The van der Waals surface area contributed by atoms with Crippen LogP contribution in [0.1, 0.15) is 17.3 Å². The number of ketones is 1. The van der Waals surface area contributed by atoms with E-state index in [1.54, 1.807) is 19.2 Å². The summed E-state index contributed by atoms with van der Waals surface area (Å²) in [6.45, 7) is 2.53. The second kappa shape index (κ2) is 11.4. The summed E-state index contributed by atoms with van der Waals surface area (Å²) in [5.41, 5.74) is 2.30. The number of benzene rings is 3. The van der Waals surface area contributed by atoms with E-state index >= 15 is 0 Å². The predicted octanol–water partition coefficient (Wildman–Crippen LogP) is 5.88. The molecule has 0 amide bonds. The van der Waals surface area contributed by atoms with Gasteiger partial charge in [0.05, 0.1) is 25.2 Å². The molecule has 160 valence electrons. The molecule has 3 rings (SSSR count). The van der Waals surface area contributed by atoms with Gasteiger partial charge in [0.25, 0.3) is 0 Å². The highest BCUT2D eigenvalue weighted by molar-refractivity contribution is 8.00. The molecule has 3 aromatic carbocycles. The van der Waals surface area contributed by atoms with Crippen molar-refractivity contribution in [2.45, 2.75) is 11.8 Å². The van der Waals surface area contributed by atoms with Crippen molar-refractivity contribution in [3.05, 3.63) is 78.4 Å². The van der Waals surface area contributed by atoms with E-state index < -0.39 is 0 Å². The first-order valence-electron chi connectivity index (χ1n) is 9.79. The number of Topliss-reactive ketones (excluding diaryl/α,β-unsaturated/α-hetero) is 1. The Hall–Kier alpha value is -3.03. The van der Waals surface area contributed by atoms with Gasteiger partial charge in [-0.2, -0.15) is 0 Å². The van der Waals surface area contributed by atoms with E-state index in [1.807, 2.05) is 67.6 Å². The van der Waals surface area contributed by atoms with Crippen LogP contribution in [0.25, 0.3) is 0 Å². The van der Waals surface area contributed by atoms with E-state index in [9.17, 15) is 4.79 Å². The Morgan fingerprint density at radius 3 is 2.52 bits per heavy atom. The van der Waals surface area contributed by atoms with Crippen LogP contribution < -0.4 is 20.1 Å². The number of hydrogen-bond acceptors (Lipinski definition) is 5. The molecule has 3 aromatic rings. The lowest BCUT2D eigenvalue weighted by molar-refractivity contribution is 0.102. The molecule has 0 spiro atoms. The minimum absolute atomic E-state index is 0.0692. The Labute approximate surface area is 192 Å². The fourth-order valence-corrected chi connectivity index (χ4v) is 3.91. The Balaban J connectivity index is 1.56. The Morgan fingerprint density at radius 1 is 1.00 bits per heavy atom. The number of nitrogens with one attached hydrogen (secondary N) is 2. The molecule has 0 fully saturated rings. The number of ether oxygens (including phenoxy) is 2. The molecule has 0 saturated heterocycles. The fourth-order valence-electron chi connectivity index (χ4n) is 2.83. The average Bonchev–Trinajstić information content (AvgIpc) is 2.79. The summed E-state index contributed by atoms with van der Waals surface area (Å²) >= 11 is 6.90. The predicted molar refractivity (Wildman–Crippen MR) is 132 cm³/mol. The molecule has 0 aliphatic rings. The minimum Gasteiger partial charge on any atom is -0.495 e. The maximum absolute atomic E-state index is 12.5. The Bertz CT molecular complexity index is 1040. The van der Waals surface area contributed by atoms with Crippen molar-refractivity contribution in [1.29, 1.82) is 0 Å². The van der Waals surface area contributed by atoms with E-state index in [1.165, 1.54) is 11.8 Å². The molecule has 31 heavy (non-hydrogen) atoms. The summed E-state index contributed by atoms with van der Waals surface area (Å²) in [5, 5.41) is 6.77. The summed E-state index contributed by atoms with van der Waals surface area (Å²) < 4.78 is 10.8. The number of rotatable bonds is 9. The molecular weight excluding hydrogens is 428 g/mol. The monoisotopic (exact) mass is 452 g/mol. The van der Waals surface area contributed by atoms with Crippen LogP contribution >= 0.6 is 24.0 Å². The third-order valence-corrected chi connectivity index (χ3v) is 5.50. The molecule has 2 N–H and O–H groups in total. The van der Waals surface area contributed by atoms with Gasteiger partial charge in [0, 0.05) is 16.1 Å². The normalized spacial score (nSPS) is 10.3. The van der Waals surface area contributed by atoms with Gasteiger partial charge in [0.15, 0.2) is 10.9 Å². The van der Waals surface area contributed by atoms with Gasteiger partial charge in [-0.3, -0.25) is 4.79 Å². The van der Waals surface area contributed by atoms with Crippen molar-refractivity contribution in [3.63, 3.8) is 0 Å². The zero-order chi connectivity index (χ0) is 22.1. The highest BCUT2D eigenvalue weighted by Gasteiger charge is 2.08. The van der Waals surface area contributed by atoms with E-state index in [2.05, 4.69) is 10.6 Å². The first-order chi connectivity index (χ1) is 15.1. The molecule has 0 aliphatic heterocycles. The summed E-state index contributed by atoms with van der Waals surface area (Å²) in [6, 6.07) is 22.6. The number of methoxy groups -OCH3 is 1. The molecule has 7 heteroatoms. The van der Waals surface area contributed by atoms with Gasteiger partial charge in [-0.15, -0.1) is 11.8 Å². The van der Waals surface area contributed by atoms with Gasteiger partial charge in [-0.1, -0.05) is 18.2 Å². The number of thiocarbonyl (C=S) groups is 1. The molecule has 0 radical (unpaired) electrons. The lowest BCUT2D eigenvalue weighted by atomic mass is 10.1. The van der Waals surface area contributed by atoms with Gasteiger partial charge in [-0.25, -0.2) is 0 Å². The number of thioether (sulfide) groups is 1. The summed E-state index contributed by atoms with van der Waals surface area (Å²) in [5.74, 6) is 1.90. The maximum Gasteiger partial charge on any atom is 0.175 e. The van der Waals surface area contributed by atoms with Crippen molar-refractivity contribution < 1.29 is 14.3 Å². The van der Waals surface area contributed by atoms with Crippen LogP contribution in [0.5, 0.6) is 11.5 Å². The molecule has 0 bridgehead atoms. The second-order valence-corrected chi connectivity index (χ2v) is 7.93. The molecule has 0 aliphatic carbocycles.